The van der Waals surface area contributed by atoms with E-state index in [1.54, 1.807) is 7.11 Å². The van der Waals surface area contributed by atoms with Gasteiger partial charge in [0.05, 0.1) is 12.6 Å². The molecule has 17 heavy (non-hydrogen) atoms. The summed E-state index contributed by atoms with van der Waals surface area (Å²) in [7, 11) is 1.70. The Bertz CT molecular complexity index is 528. The zero-order chi connectivity index (χ0) is 11.8. The van der Waals surface area contributed by atoms with Gasteiger partial charge in [0.2, 0.25) is 0 Å². The summed E-state index contributed by atoms with van der Waals surface area (Å²) in [4.78, 5) is 3.29. The molecule has 1 unspecified atom stereocenters. The Hall–Kier alpha value is -1.48. The third-order valence-corrected chi connectivity index (χ3v) is 3.95. The molecule has 90 valence electrons. The van der Waals surface area contributed by atoms with Crippen LogP contribution in [0.4, 0.5) is 0 Å². The van der Waals surface area contributed by atoms with E-state index in [1.807, 2.05) is 18.3 Å². The molecule has 1 atom stereocenters. The number of aromatic amines is 1. The summed E-state index contributed by atoms with van der Waals surface area (Å²) in [5, 5.41) is 1.20. The van der Waals surface area contributed by atoms with Crippen LogP contribution >= 0.6 is 0 Å². The van der Waals surface area contributed by atoms with Gasteiger partial charge < -0.3 is 15.5 Å². The van der Waals surface area contributed by atoms with Crippen molar-refractivity contribution in [1.29, 1.82) is 0 Å². The van der Waals surface area contributed by atoms with Crippen LogP contribution in [0.2, 0.25) is 0 Å². The van der Waals surface area contributed by atoms with Crippen molar-refractivity contribution in [2.75, 3.05) is 7.11 Å². The van der Waals surface area contributed by atoms with Crippen molar-refractivity contribution in [2.24, 2.45) is 11.7 Å². The molecule has 3 N–H and O–H groups in total. The maximum atomic E-state index is 6.34. The van der Waals surface area contributed by atoms with Crippen LogP contribution in [0, 0.1) is 5.92 Å². The van der Waals surface area contributed by atoms with Crippen molar-refractivity contribution in [3.05, 3.63) is 30.0 Å². The second kappa shape index (κ2) is 4.08. The van der Waals surface area contributed by atoms with Crippen LogP contribution in [0.1, 0.15) is 30.9 Å². The molecule has 1 aromatic heterocycles. The Morgan fingerprint density at radius 2 is 2.24 bits per heavy atom. The standard InChI is InChI=1S/C14H18N2O/c1-17-12-7-3-6-10-11(8-16-14(10)12)13(15)9-4-2-5-9/h3,6-9,13,16H,2,4-5,15H2,1H3. The number of para-hydroxylation sites is 1. The van der Waals surface area contributed by atoms with Crippen molar-refractivity contribution in [3.63, 3.8) is 0 Å². The number of methoxy groups -OCH3 is 1. The fraction of sp³-hybridized carbons (Fsp3) is 0.429. The third-order valence-electron chi connectivity index (χ3n) is 3.95. The third kappa shape index (κ3) is 1.62. The molecule has 0 aliphatic heterocycles. The fourth-order valence-corrected chi connectivity index (χ4v) is 2.65. The Kier molecular flexibility index (Phi) is 2.56. The topological polar surface area (TPSA) is 51.0 Å². The summed E-state index contributed by atoms with van der Waals surface area (Å²) < 4.78 is 5.35. The number of rotatable bonds is 3. The van der Waals surface area contributed by atoms with Gasteiger partial charge in [-0.15, -0.1) is 0 Å². The van der Waals surface area contributed by atoms with Crippen LogP contribution in [-0.4, -0.2) is 12.1 Å². The number of hydrogen-bond donors (Lipinski definition) is 2. The first-order valence-corrected chi connectivity index (χ1v) is 6.21. The number of nitrogens with one attached hydrogen (secondary N) is 1. The molecule has 0 radical (unpaired) electrons. The lowest BCUT2D eigenvalue weighted by Crippen LogP contribution is -2.26. The SMILES string of the molecule is COc1cccc2c(C(N)C3CCC3)c[nH]c12. The average molecular weight is 230 g/mol. The molecular weight excluding hydrogens is 212 g/mol. The molecule has 1 aromatic carbocycles. The highest BCUT2D eigenvalue weighted by molar-refractivity contribution is 5.88. The summed E-state index contributed by atoms with van der Waals surface area (Å²) in [6.45, 7) is 0. The predicted molar refractivity (Wildman–Crippen MR) is 69.1 cm³/mol. The van der Waals surface area contributed by atoms with Gasteiger partial charge >= 0.3 is 0 Å². The summed E-state index contributed by atoms with van der Waals surface area (Å²) >= 11 is 0. The van der Waals surface area contributed by atoms with Crippen molar-refractivity contribution in [2.45, 2.75) is 25.3 Å². The Labute approximate surface area is 101 Å². The van der Waals surface area contributed by atoms with Gasteiger partial charge in [-0.25, -0.2) is 0 Å². The minimum absolute atomic E-state index is 0.157. The molecule has 3 nitrogen and oxygen atoms in total. The van der Waals surface area contributed by atoms with Gasteiger partial charge in [0.15, 0.2) is 0 Å². The van der Waals surface area contributed by atoms with Gasteiger partial charge in [-0.2, -0.15) is 0 Å². The lowest BCUT2D eigenvalue weighted by molar-refractivity contribution is 0.265. The van der Waals surface area contributed by atoms with Crippen LogP contribution in [0.15, 0.2) is 24.4 Å². The van der Waals surface area contributed by atoms with Gasteiger partial charge in [-0.3, -0.25) is 0 Å². The van der Waals surface area contributed by atoms with Crippen molar-refractivity contribution in [1.82, 2.24) is 4.98 Å². The van der Waals surface area contributed by atoms with Crippen LogP contribution in [0.3, 0.4) is 0 Å². The normalized spacial score (nSPS) is 18.0. The van der Waals surface area contributed by atoms with E-state index in [0.29, 0.717) is 5.92 Å². The highest BCUT2D eigenvalue weighted by Crippen LogP contribution is 2.39. The molecule has 3 heteroatoms. The second-order valence-electron chi connectivity index (χ2n) is 4.84. The lowest BCUT2D eigenvalue weighted by atomic mass is 9.77. The number of H-pyrrole nitrogens is 1. The van der Waals surface area contributed by atoms with Gasteiger partial charge in [-0.1, -0.05) is 18.6 Å². The second-order valence-corrected chi connectivity index (χ2v) is 4.84. The molecule has 1 aliphatic rings. The molecule has 2 aromatic rings. The zero-order valence-corrected chi connectivity index (χ0v) is 10.1. The molecule has 0 saturated heterocycles. The van der Waals surface area contributed by atoms with E-state index in [2.05, 4.69) is 11.1 Å². The molecule has 0 bridgehead atoms. The lowest BCUT2D eigenvalue weighted by Gasteiger charge is -2.31. The van der Waals surface area contributed by atoms with E-state index in [0.717, 1.165) is 11.3 Å². The number of fused-ring (bicyclic) bond motifs is 1. The maximum Gasteiger partial charge on any atom is 0.142 e. The first-order valence-electron chi connectivity index (χ1n) is 6.21. The highest BCUT2D eigenvalue weighted by atomic mass is 16.5. The van der Waals surface area contributed by atoms with E-state index in [-0.39, 0.29) is 6.04 Å². The van der Waals surface area contributed by atoms with E-state index >= 15 is 0 Å². The first-order chi connectivity index (χ1) is 8.31. The summed E-state index contributed by atoms with van der Waals surface area (Å²) in [5.41, 5.74) is 8.62. The Morgan fingerprint density at radius 3 is 2.88 bits per heavy atom. The fourth-order valence-electron chi connectivity index (χ4n) is 2.65. The Balaban J connectivity index is 2.05. The molecule has 1 heterocycles. The number of hydrogen-bond acceptors (Lipinski definition) is 2. The van der Waals surface area contributed by atoms with Crippen molar-refractivity contribution >= 4 is 10.9 Å². The Morgan fingerprint density at radius 1 is 1.41 bits per heavy atom. The summed E-state index contributed by atoms with van der Waals surface area (Å²) in [6.07, 6.45) is 5.88. The van der Waals surface area contributed by atoms with Gasteiger partial charge in [0, 0.05) is 17.6 Å². The number of aromatic nitrogens is 1. The number of nitrogens with two attached hydrogens (primary N) is 1. The average Bonchev–Trinajstić information content (AvgIpc) is 2.69. The quantitative estimate of drug-likeness (QED) is 0.851. The minimum atomic E-state index is 0.157. The van der Waals surface area contributed by atoms with Gasteiger partial charge in [0.25, 0.3) is 0 Å². The number of benzene rings is 1. The van der Waals surface area contributed by atoms with Crippen LogP contribution in [0.25, 0.3) is 10.9 Å². The molecule has 1 fully saturated rings. The van der Waals surface area contributed by atoms with Crippen molar-refractivity contribution in [3.8, 4) is 5.75 Å². The first kappa shape index (κ1) is 10.7. The molecule has 0 amide bonds. The molecule has 0 spiro atoms. The van der Waals surface area contributed by atoms with E-state index in [9.17, 15) is 0 Å². The van der Waals surface area contributed by atoms with E-state index < -0.39 is 0 Å². The van der Waals surface area contributed by atoms with E-state index in [4.69, 9.17) is 10.5 Å². The van der Waals surface area contributed by atoms with Gasteiger partial charge in [0.1, 0.15) is 5.75 Å². The van der Waals surface area contributed by atoms with Crippen molar-refractivity contribution < 1.29 is 4.74 Å². The van der Waals surface area contributed by atoms with Crippen LogP contribution < -0.4 is 10.5 Å². The number of ether oxygens (including phenoxy) is 1. The molecule has 3 rings (SSSR count). The zero-order valence-electron chi connectivity index (χ0n) is 10.1. The molecule has 1 aliphatic carbocycles. The largest absolute Gasteiger partial charge is 0.495 e. The monoisotopic (exact) mass is 230 g/mol. The molecule has 1 saturated carbocycles. The summed E-state index contributed by atoms with van der Waals surface area (Å²) in [6, 6.07) is 6.26. The molecular formula is C14H18N2O. The summed E-state index contributed by atoms with van der Waals surface area (Å²) in [5.74, 6) is 1.54. The van der Waals surface area contributed by atoms with Gasteiger partial charge in [-0.05, 0) is 30.4 Å². The van der Waals surface area contributed by atoms with Crippen LogP contribution in [0.5, 0.6) is 5.75 Å². The highest BCUT2D eigenvalue weighted by Gasteiger charge is 2.27. The minimum Gasteiger partial charge on any atom is -0.495 e. The smallest absolute Gasteiger partial charge is 0.142 e. The maximum absolute atomic E-state index is 6.34. The predicted octanol–water partition coefficient (Wildman–Crippen LogP) is 2.98. The van der Waals surface area contributed by atoms with Crippen LogP contribution in [-0.2, 0) is 0 Å². The van der Waals surface area contributed by atoms with E-state index in [1.165, 1.54) is 30.2 Å².